The molecule has 0 saturated heterocycles. The van der Waals surface area contributed by atoms with E-state index >= 15 is 0 Å². The molecular weight excluding hydrogens is 254 g/mol. The summed E-state index contributed by atoms with van der Waals surface area (Å²) in [6.07, 6.45) is 0. The van der Waals surface area contributed by atoms with E-state index in [0.717, 1.165) is 0 Å². The number of anilines is 1. The minimum Gasteiger partial charge on any atom is -0.464 e. The van der Waals surface area contributed by atoms with Crippen molar-refractivity contribution in [3.8, 4) is 6.01 Å². The molecule has 1 aromatic heterocycles. The Morgan fingerprint density at radius 2 is 1.75 bits per heavy atom. The maximum Gasteiger partial charge on any atom is 0.316 e. The molecule has 5 heteroatoms. The molecule has 0 aliphatic carbocycles. The largest absolute Gasteiger partial charge is 0.464 e. The van der Waals surface area contributed by atoms with Crippen LogP contribution in [0.5, 0.6) is 6.01 Å². The van der Waals surface area contributed by atoms with Gasteiger partial charge in [0.05, 0.1) is 23.7 Å². The molecule has 2 rings (SSSR count). The lowest BCUT2D eigenvalue weighted by atomic mass is 10.2. The van der Waals surface area contributed by atoms with Crippen molar-refractivity contribution in [2.75, 3.05) is 11.9 Å². The third kappa shape index (κ3) is 3.12. The number of carbonyl (C=O) groups is 1. The van der Waals surface area contributed by atoms with E-state index in [4.69, 9.17) is 4.74 Å². The number of hydrogen-bond donors (Lipinski definition) is 1. The van der Waals surface area contributed by atoms with Crippen LogP contribution in [0.15, 0.2) is 30.3 Å². The molecule has 0 fully saturated rings. The number of nitrogens with zero attached hydrogens (tertiary/aromatic N) is 2. The van der Waals surface area contributed by atoms with Crippen molar-refractivity contribution in [3.05, 3.63) is 47.3 Å². The second-order valence-corrected chi connectivity index (χ2v) is 4.31. The number of carbonyl (C=O) groups excluding carboxylic acids is 1. The average Bonchev–Trinajstić information content (AvgIpc) is 2.44. The van der Waals surface area contributed by atoms with E-state index in [0.29, 0.717) is 35.3 Å². The van der Waals surface area contributed by atoms with Gasteiger partial charge in [0.1, 0.15) is 0 Å². The van der Waals surface area contributed by atoms with E-state index < -0.39 is 0 Å². The van der Waals surface area contributed by atoms with E-state index in [-0.39, 0.29) is 5.91 Å². The monoisotopic (exact) mass is 271 g/mol. The van der Waals surface area contributed by atoms with Gasteiger partial charge in [0.25, 0.3) is 5.91 Å². The number of aryl methyl sites for hydroxylation is 2. The number of ether oxygens (including phenoxy) is 1. The maximum absolute atomic E-state index is 12.1. The topological polar surface area (TPSA) is 64.1 Å². The Kier molecular flexibility index (Phi) is 4.30. The zero-order chi connectivity index (χ0) is 14.5. The van der Waals surface area contributed by atoms with Gasteiger partial charge in [-0.15, -0.1) is 0 Å². The molecule has 0 aliphatic heterocycles. The normalized spacial score (nSPS) is 10.2. The highest BCUT2D eigenvalue weighted by molar-refractivity contribution is 6.04. The van der Waals surface area contributed by atoms with Crippen molar-refractivity contribution in [2.45, 2.75) is 20.8 Å². The van der Waals surface area contributed by atoms with Gasteiger partial charge in [-0.05, 0) is 32.9 Å². The Morgan fingerprint density at radius 3 is 2.30 bits per heavy atom. The van der Waals surface area contributed by atoms with Crippen molar-refractivity contribution in [1.82, 2.24) is 9.97 Å². The van der Waals surface area contributed by atoms with Crippen molar-refractivity contribution < 1.29 is 9.53 Å². The predicted molar refractivity (Wildman–Crippen MR) is 77.1 cm³/mol. The van der Waals surface area contributed by atoms with Gasteiger partial charge in [-0.1, -0.05) is 18.2 Å². The zero-order valence-electron chi connectivity index (χ0n) is 11.8. The first kappa shape index (κ1) is 14.0. The van der Waals surface area contributed by atoms with Crippen LogP contribution in [0.1, 0.15) is 28.7 Å². The Bertz CT molecular complexity index is 589. The van der Waals surface area contributed by atoms with Gasteiger partial charge in [-0.25, -0.2) is 0 Å². The van der Waals surface area contributed by atoms with Gasteiger partial charge < -0.3 is 10.1 Å². The summed E-state index contributed by atoms with van der Waals surface area (Å²) in [6, 6.07) is 9.37. The molecule has 0 spiro atoms. The lowest BCUT2D eigenvalue weighted by Crippen LogP contribution is -2.15. The summed E-state index contributed by atoms with van der Waals surface area (Å²) in [7, 11) is 0. The molecule has 1 heterocycles. The first-order valence-corrected chi connectivity index (χ1v) is 6.46. The van der Waals surface area contributed by atoms with Crippen molar-refractivity contribution in [3.63, 3.8) is 0 Å². The summed E-state index contributed by atoms with van der Waals surface area (Å²) >= 11 is 0. The fourth-order valence-corrected chi connectivity index (χ4v) is 1.84. The van der Waals surface area contributed by atoms with E-state index in [2.05, 4.69) is 15.3 Å². The van der Waals surface area contributed by atoms with Crippen LogP contribution in [-0.4, -0.2) is 22.5 Å². The molecule has 0 radical (unpaired) electrons. The standard InChI is InChI=1S/C15H17N3O2/c1-4-20-15-16-10(2)13(11(3)17-15)18-14(19)12-8-6-5-7-9-12/h5-9H,4H2,1-3H3,(H,18,19). The van der Waals surface area contributed by atoms with Crippen LogP contribution in [-0.2, 0) is 0 Å². The van der Waals surface area contributed by atoms with Gasteiger partial charge in [0.2, 0.25) is 0 Å². The van der Waals surface area contributed by atoms with E-state index in [1.165, 1.54) is 0 Å². The maximum atomic E-state index is 12.1. The van der Waals surface area contributed by atoms with E-state index in [9.17, 15) is 4.79 Å². The van der Waals surface area contributed by atoms with E-state index in [1.54, 1.807) is 12.1 Å². The summed E-state index contributed by atoms with van der Waals surface area (Å²) in [6.45, 7) is 6.02. The third-order valence-corrected chi connectivity index (χ3v) is 2.80. The summed E-state index contributed by atoms with van der Waals surface area (Å²) in [5, 5.41) is 2.84. The van der Waals surface area contributed by atoms with Gasteiger partial charge in [0, 0.05) is 5.56 Å². The van der Waals surface area contributed by atoms with Gasteiger partial charge in [0.15, 0.2) is 0 Å². The molecule has 0 unspecified atom stereocenters. The van der Waals surface area contributed by atoms with E-state index in [1.807, 2.05) is 39.0 Å². The first-order chi connectivity index (χ1) is 9.61. The van der Waals surface area contributed by atoms with Crippen LogP contribution in [0, 0.1) is 13.8 Å². The van der Waals surface area contributed by atoms with Crippen molar-refractivity contribution >= 4 is 11.6 Å². The average molecular weight is 271 g/mol. The van der Waals surface area contributed by atoms with Crippen LogP contribution < -0.4 is 10.1 Å². The molecule has 5 nitrogen and oxygen atoms in total. The molecule has 0 bridgehead atoms. The smallest absolute Gasteiger partial charge is 0.316 e. The minimum absolute atomic E-state index is 0.176. The molecule has 0 aliphatic rings. The number of hydrogen-bond acceptors (Lipinski definition) is 4. The fourth-order valence-electron chi connectivity index (χ4n) is 1.84. The molecule has 104 valence electrons. The van der Waals surface area contributed by atoms with Gasteiger partial charge >= 0.3 is 6.01 Å². The van der Waals surface area contributed by atoms with Crippen LogP contribution in [0.2, 0.25) is 0 Å². The Balaban J connectivity index is 2.24. The van der Waals surface area contributed by atoms with Gasteiger partial charge in [-0.2, -0.15) is 9.97 Å². The summed E-state index contributed by atoms with van der Waals surface area (Å²) < 4.78 is 5.28. The predicted octanol–water partition coefficient (Wildman–Crippen LogP) is 2.74. The SMILES string of the molecule is CCOc1nc(C)c(NC(=O)c2ccccc2)c(C)n1. The quantitative estimate of drug-likeness (QED) is 0.928. The second kappa shape index (κ2) is 6.14. The molecule has 1 aromatic carbocycles. The summed E-state index contributed by atoms with van der Waals surface area (Å²) in [5.41, 5.74) is 2.60. The number of benzene rings is 1. The number of nitrogens with one attached hydrogen (secondary N) is 1. The second-order valence-electron chi connectivity index (χ2n) is 4.31. The molecular formula is C15H17N3O2. The molecule has 1 N–H and O–H groups in total. The zero-order valence-corrected chi connectivity index (χ0v) is 11.8. The van der Waals surface area contributed by atoms with Crippen LogP contribution >= 0.6 is 0 Å². The number of rotatable bonds is 4. The molecule has 20 heavy (non-hydrogen) atoms. The molecule has 2 aromatic rings. The fraction of sp³-hybridized carbons (Fsp3) is 0.267. The minimum atomic E-state index is -0.176. The van der Waals surface area contributed by atoms with Crippen LogP contribution in [0.25, 0.3) is 0 Å². The van der Waals surface area contributed by atoms with Gasteiger partial charge in [-0.3, -0.25) is 4.79 Å². The van der Waals surface area contributed by atoms with Crippen molar-refractivity contribution in [1.29, 1.82) is 0 Å². The number of amides is 1. The molecule has 0 atom stereocenters. The Labute approximate surface area is 118 Å². The highest BCUT2D eigenvalue weighted by Crippen LogP contribution is 2.20. The third-order valence-electron chi connectivity index (χ3n) is 2.80. The number of aromatic nitrogens is 2. The molecule has 1 amide bonds. The highest BCUT2D eigenvalue weighted by atomic mass is 16.5. The van der Waals surface area contributed by atoms with Crippen LogP contribution in [0.4, 0.5) is 5.69 Å². The lowest BCUT2D eigenvalue weighted by molar-refractivity contribution is 0.102. The summed E-state index contributed by atoms with van der Waals surface area (Å²) in [5.74, 6) is -0.176. The summed E-state index contributed by atoms with van der Waals surface area (Å²) in [4.78, 5) is 20.6. The van der Waals surface area contributed by atoms with Crippen LogP contribution in [0.3, 0.4) is 0 Å². The Morgan fingerprint density at radius 1 is 1.15 bits per heavy atom. The van der Waals surface area contributed by atoms with Crippen molar-refractivity contribution in [2.24, 2.45) is 0 Å². The lowest BCUT2D eigenvalue weighted by Gasteiger charge is -2.12. The Hall–Kier alpha value is -2.43. The highest BCUT2D eigenvalue weighted by Gasteiger charge is 2.13. The first-order valence-electron chi connectivity index (χ1n) is 6.46. The molecule has 0 saturated carbocycles.